The summed E-state index contributed by atoms with van der Waals surface area (Å²) in [6, 6.07) is 5.51. The minimum atomic E-state index is -1.08. The number of halogens is 2. The van der Waals surface area contributed by atoms with E-state index in [9.17, 15) is 14.0 Å². The van der Waals surface area contributed by atoms with Crippen molar-refractivity contribution in [3.63, 3.8) is 0 Å². The monoisotopic (exact) mass is 423 g/mol. The Hall–Kier alpha value is -2.71. The lowest BCUT2D eigenvalue weighted by Crippen LogP contribution is -2.16. The van der Waals surface area contributed by atoms with E-state index in [1.807, 2.05) is 6.07 Å². The van der Waals surface area contributed by atoms with Gasteiger partial charge in [-0.2, -0.15) is 0 Å². The number of anilines is 1. The average molecular weight is 424 g/mol. The SMILES string of the molecule is Fc1cncc(CNc2c(Cl)ccc3c2CCNCC3)c1.O=C(O)CCC(=O)O. The Morgan fingerprint density at radius 1 is 1.14 bits per heavy atom. The molecule has 29 heavy (non-hydrogen) atoms. The molecule has 2 aromatic rings. The van der Waals surface area contributed by atoms with Gasteiger partial charge in [-0.05, 0) is 54.8 Å². The molecule has 1 aliphatic heterocycles. The molecule has 0 bridgehead atoms. The van der Waals surface area contributed by atoms with Gasteiger partial charge in [-0.25, -0.2) is 4.39 Å². The van der Waals surface area contributed by atoms with Gasteiger partial charge in [-0.3, -0.25) is 14.6 Å². The number of carbonyl (C=O) groups is 2. The fourth-order valence-corrected chi connectivity index (χ4v) is 3.14. The number of nitrogens with one attached hydrogen (secondary N) is 2. The van der Waals surface area contributed by atoms with Crippen LogP contribution in [-0.2, 0) is 29.0 Å². The van der Waals surface area contributed by atoms with Gasteiger partial charge < -0.3 is 20.8 Å². The first-order valence-corrected chi connectivity index (χ1v) is 9.52. The van der Waals surface area contributed by atoms with E-state index in [-0.39, 0.29) is 18.7 Å². The molecule has 0 unspecified atom stereocenters. The van der Waals surface area contributed by atoms with Crippen molar-refractivity contribution in [2.24, 2.45) is 0 Å². The summed E-state index contributed by atoms with van der Waals surface area (Å²) in [7, 11) is 0. The van der Waals surface area contributed by atoms with Crippen LogP contribution in [0.15, 0.2) is 30.6 Å². The summed E-state index contributed by atoms with van der Waals surface area (Å²) in [5.74, 6) is -2.48. The number of rotatable bonds is 6. The Morgan fingerprint density at radius 3 is 2.48 bits per heavy atom. The van der Waals surface area contributed by atoms with Crippen molar-refractivity contribution >= 4 is 29.2 Å². The van der Waals surface area contributed by atoms with Crippen molar-refractivity contribution in [2.75, 3.05) is 18.4 Å². The summed E-state index contributed by atoms with van der Waals surface area (Å²) >= 11 is 6.34. The van der Waals surface area contributed by atoms with Crippen molar-refractivity contribution in [2.45, 2.75) is 32.2 Å². The maximum Gasteiger partial charge on any atom is 0.303 e. The normalized spacial score (nSPS) is 12.8. The summed E-state index contributed by atoms with van der Waals surface area (Å²) in [5.41, 5.74) is 4.35. The van der Waals surface area contributed by atoms with E-state index in [0.717, 1.165) is 37.2 Å². The van der Waals surface area contributed by atoms with Gasteiger partial charge in [0.1, 0.15) is 5.82 Å². The third kappa shape index (κ3) is 7.67. The van der Waals surface area contributed by atoms with Gasteiger partial charge in [-0.15, -0.1) is 0 Å². The highest BCUT2D eigenvalue weighted by Crippen LogP contribution is 2.31. The molecule has 1 aliphatic rings. The van der Waals surface area contributed by atoms with Crippen LogP contribution >= 0.6 is 11.6 Å². The van der Waals surface area contributed by atoms with Crippen LogP contribution in [0.3, 0.4) is 0 Å². The second kappa shape index (κ2) is 11.3. The zero-order valence-electron chi connectivity index (χ0n) is 15.8. The highest BCUT2D eigenvalue weighted by Gasteiger charge is 2.14. The van der Waals surface area contributed by atoms with Gasteiger partial charge >= 0.3 is 11.9 Å². The molecule has 0 fully saturated rings. The van der Waals surface area contributed by atoms with Gasteiger partial charge in [0.05, 0.1) is 29.7 Å². The molecule has 1 aromatic heterocycles. The number of benzene rings is 1. The fraction of sp³-hybridized carbons (Fsp3) is 0.350. The molecule has 4 N–H and O–H groups in total. The highest BCUT2D eigenvalue weighted by atomic mass is 35.5. The average Bonchev–Trinajstić information content (AvgIpc) is 2.92. The number of hydrogen-bond acceptors (Lipinski definition) is 5. The van der Waals surface area contributed by atoms with Crippen molar-refractivity contribution in [1.82, 2.24) is 10.3 Å². The van der Waals surface area contributed by atoms with Gasteiger partial charge in [0.2, 0.25) is 0 Å². The second-order valence-electron chi connectivity index (χ2n) is 6.46. The molecule has 2 heterocycles. The molecule has 0 radical (unpaired) electrons. The van der Waals surface area contributed by atoms with Crippen LogP contribution < -0.4 is 10.6 Å². The number of carboxylic acids is 2. The largest absolute Gasteiger partial charge is 0.481 e. The summed E-state index contributed by atoms with van der Waals surface area (Å²) in [4.78, 5) is 23.1. The third-order valence-corrected chi connectivity index (χ3v) is 4.58. The summed E-state index contributed by atoms with van der Waals surface area (Å²) in [6.07, 6.45) is 4.22. The predicted octanol–water partition coefficient (Wildman–Crippen LogP) is 3.11. The standard InChI is InChI=1S/C16H17ClFN3.C4H6O4/c17-15-2-1-12-3-5-19-6-4-14(12)16(15)21-9-11-7-13(18)10-20-8-11;5-3(6)1-2-4(7)8/h1-2,7-8,10,19,21H,3-6,9H2;1-2H2,(H,5,6)(H,7,8). The maximum absolute atomic E-state index is 13.2. The van der Waals surface area contributed by atoms with E-state index < -0.39 is 11.9 Å². The molecule has 156 valence electrons. The number of carboxylic acid groups (broad SMARTS) is 2. The van der Waals surface area contributed by atoms with Crippen LogP contribution in [0, 0.1) is 5.82 Å². The Labute approximate surface area is 172 Å². The molecule has 0 amide bonds. The molecule has 7 nitrogen and oxygen atoms in total. The van der Waals surface area contributed by atoms with Gasteiger partial charge in [-0.1, -0.05) is 17.7 Å². The quantitative estimate of drug-likeness (QED) is 0.564. The van der Waals surface area contributed by atoms with Crippen LogP contribution in [0.2, 0.25) is 5.02 Å². The minimum absolute atomic E-state index is 0.296. The van der Waals surface area contributed by atoms with E-state index >= 15 is 0 Å². The van der Waals surface area contributed by atoms with Crippen molar-refractivity contribution in [3.8, 4) is 0 Å². The van der Waals surface area contributed by atoms with E-state index in [0.29, 0.717) is 11.6 Å². The van der Waals surface area contributed by atoms with Crippen LogP contribution in [0.25, 0.3) is 0 Å². The van der Waals surface area contributed by atoms with Crippen molar-refractivity contribution in [3.05, 3.63) is 58.1 Å². The number of pyridine rings is 1. The molecule has 3 rings (SSSR count). The minimum Gasteiger partial charge on any atom is -0.481 e. The summed E-state index contributed by atoms with van der Waals surface area (Å²) < 4.78 is 13.2. The molecule has 0 saturated heterocycles. The van der Waals surface area contributed by atoms with Crippen LogP contribution in [0.5, 0.6) is 0 Å². The Kier molecular flexibility index (Phi) is 8.82. The van der Waals surface area contributed by atoms with E-state index in [1.54, 1.807) is 6.20 Å². The Morgan fingerprint density at radius 2 is 1.83 bits per heavy atom. The molecule has 0 spiro atoms. The smallest absolute Gasteiger partial charge is 0.303 e. The van der Waals surface area contributed by atoms with Crippen LogP contribution in [0.4, 0.5) is 10.1 Å². The van der Waals surface area contributed by atoms with Crippen LogP contribution in [-0.4, -0.2) is 40.2 Å². The van der Waals surface area contributed by atoms with Gasteiger partial charge in [0, 0.05) is 12.7 Å². The number of hydrogen-bond donors (Lipinski definition) is 4. The highest BCUT2D eigenvalue weighted by molar-refractivity contribution is 6.33. The topological polar surface area (TPSA) is 112 Å². The lowest BCUT2D eigenvalue weighted by atomic mass is 10.0. The van der Waals surface area contributed by atoms with E-state index in [1.165, 1.54) is 23.4 Å². The summed E-state index contributed by atoms with van der Waals surface area (Å²) in [5, 5.41) is 23.2. The van der Waals surface area contributed by atoms with Crippen molar-refractivity contribution < 1.29 is 24.2 Å². The zero-order chi connectivity index (χ0) is 21.2. The van der Waals surface area contributed by atoms with Crippen LogP contribution in [0.1, 0.15) is 29.5 Å². The molecule has 9 heteroatoms. The first-order valence-electron chi connectivity index (χ1n) is 9.14. The first kappa shape index (κ1) is 22.6. The summed E-state index contributed by atoms with van der Waals surface area (Å²) in [6.45, 7) is 2.44. The number of nitrogens with zero attached hydrogens (tertiary/aromatic N) is 1. The Bertz CT molecular complexity index is 850. The molecule has 0 aliphatic carbocycles. The molecular formula is C20H23ClFN3O4. The molecule has 1 aromatic carbocycles. The fourth-order valence-electron chi connectivity index (χ4n) is 2.89. The molecule has 0 atom stereocenters. The van der Waals surface area contributed by atoms with Gasteiger partial charge in [0.15, 0.2) is 0 Å². The lowest BCUT2D eigenvalue weighted by Gasteiger charge is -2.16. The third-order valence-electron chi connectivity index (χ3n) is 4.27. The van der Waals surface area contributed by atoms with Gasteiger partial charge in [0.25, 0.3) is 0 Å². The zero-order valence-corrected chi connectivity index (χ0v) is 16.5. The second-order valence-corrected chi connectivity index (χ2v) is 6.87. The predicted molar refractivity (Wildman–Crippen MR) is 108 cm³/mol. The van der Waals surface area contributed by atoms with E-state index in [2.05, 4.69) is 21.7 Å². The number of aromatic nitrogens is 1. The Balaban J connectivity index is 0.000000321. The maximum atomic E-state index is 13.2. The first-order chi connectivity index (χ1) is 13.9. The molecule has 0 saturated carbocycles. The number of aliphatic carboxylic acids is 2. The molecular weight excluding hydrogens is 401 g/mol. The lowest BCUT2D eigenvalue weighted by molar-refractivity contribution is -0.143. The van der Waals surface area contributed by atoms with E-state index in [4.69, 9.17) is 21.8 Å². The van der Waals surface area contributed by atoms with Crippen molar-refractivity contribution in [1.29, 1.82) is 0 Å². The number of fused-ring (bicyclic) bond motifs is 1.